The molecule has 0 aliphatic carbocycles. The standard InChI is InChI=1S/C17H36O4Si/c1-8-17(12-18-13-17)10-9-11-22(19-14(2)3,20-15(4)5)21-16(6)7/h14-16H,8-13H2,1-7H3. The zero-order valence-electron chi connectivity index (χ0n) is 15.6. The molecule has 0 amide bonds. The smallest absolute Gasteiger partial charge is 0.380 e. The van der Waals surface area contributed by atoms with Gasteiger partial charge in [0, 0.05) is 29.8 Å². The molecule has 0 spiro atoms. The molecule has 132 valence electrons. The minimum Gasteiger partial charge on any atom is -0.380 e. The van der Waals surface area contributed by atoms with E-state index in [2.05, 4.69) is 48.5 Å². The Morgan fingerprint density at radius 3 is 1.64 bits per heavy atom. The van der Waals surface area contributed by atoms with Gasteiger partial charge in [-0.3, -0.25) is 0 Å². The maximum Gasteiger partial charge on any atom is 0.501 e. The molecule has 0 bridgehead atoms. The van der Waals surface area contributed by atoms with E-state index >= 15 is 0 Å². The van der Waals surface area contributed by atoms with Crippen molar-refractivity contribution in [1.29, 1.82) is 0 Å². The Labute approximate surface area is 138 Å². The van der Waals surface area contributed by atoms with Gasteiger partial charge < -0.3 is 18.0 Å². The minimum atomic E-state index is -2.63. The fourth-order valence-electron chi connectivity index (χ4n) is 2.93. The summed E-state index contributed by atoms with van der Waals surface area (Å²) in [5, 5.41) is 0. The second-order valence-electron chi connectivity index (χ2n) is 7.38. The predicted molar refractivity (Wildman–Crippen MR) is 92.0 cm³/mol. The SMILES string of the molecule is CCC1(CCC[Si](OC(C)C)(OC(C)C)OC(C)C)COC1. The predicted octanol–water partition coefficient (Wildman–Crippen LogP) is 4.41. The van der Waals surface area contributed by atoms with Gasteiger partial charge in [-0.2, -0.15) is 0 Å². The van der Waals surface area contributed by atoms with Crippen LogP contribution in [0.25, 0.3) is 0 Å². The van der Waals surface area contributed by atoms with E-state index in [1.165, 1.54) is 12.8 Å². The summed E-state index contributed by atoms with van der Waals surface area (Å²) < 4.78 is 24.1. The summed E-state index contributed by atoms with van der Waals surface area (Å²) >= 11 is 0. The summed E-state index contributed by atoms with van der Waals surface area (Å²) in [7, 11) is -2.63. The van der Waals surface area contributed by atoms with Gasteiger partial charge in [-0.05, 0) is 60.8 Å². The van der Waals surface area contributed by atoms with Crippen LogP contribution in [0.15, 0.2) is 0 Å². The van der Waals surface area contributed by atoms with Crippen molar-refractivity contribution in [3.05, 3.63) is 0 Å². The summed E-state index contributed by atoms with van der Waals surface area (Å²) in [4.78, 5) is 0. The van der Waals surface area contributed by atoms with E-state index < -0.39 is 8.80 Å². The lowest BCUT2D eigenvalue weighted by Gasteiger charge is -2.42. The molecule has 0 aromatic rings. The molecule has 0 saturated carbocycles. The van der Waals surface area contributed by atoms with E-state index in [4.69, 9.17) is 18.0 Å². The lowest BCUT2D eigenvalue weighted by atomic mass is 9.79. The first-order chi connectivity index (χ1) is 10.2. The van der Waals surface area contributed by atoms with Crippen LogP contribution in [0, 0.1) is 5.41 Å². The fourth-order valence-corrected chi connectivity index (χ4v) is 6.22. The fraction of sp³-hybridized carbons (Fsp3) is 1.00. The number of ether oxygens (including phenoxy) is 1. The normalized spacial score (nSPS) is 18.3. The molecular formula is C17H36O4Si. The third-order valence-corrected chi connectivity index (χ3v) is 7.46. The molecule has 1 aliphatic heterocycles. The van der Waals surface area contributed by atoms with Crippen molar-refractivity contribution in [3.63, 3.8) is 0 Å². The number of hydrogen-bond donors (Lipinski definition) is 0. The molecule has 22 heavy (non-hydrogen) atoms. The van der Waals surface area contributed by atoms with Crippen LogP contribution < -0.4 is 0 Å². The first-order valence-electron chi connectivity index (χ1n) is 8.84. The van der Waals surface area contributed by atoms with E-state index in [9.17, 15) is 0 Å². The first kappa shape index (κ1) is 20.1. The Morgan fingerprint density at radius 2 is 1.36 bits per heavy atom. The number of hydrogen-bond acceptors (Lipinski definition) is 4. The van der Waals surface area contributed by atoms with Crippen LogP contribution in [0.1, 0.15) is 67.7 Å². The van der Waals surface area contributed by atoms with Gasteiger partial charge in [-0.1, -0.05) is 6.92 Å². The molecule has 0 atom stereocenters. The second kappa shape index (κ2) is 8.78. The molecule has 1 fully saturated rings. The van der Waals surface area contributed by atoms with E-state index in [-0.39, 0.29) is 18.3 Å². The van der Waals surface area contributed by atoms with Gasteiger partial charge in [0.2, 0.25) is 0 Å². The summed E-state index contributed by atoms with van der Waals surface area (Å²) in [5.74, 6) is 0. The molecule has 4 nitrogen and oxygen atoms in total. The quantitative estimate of drug-likeness (QED) is 0.525. The van der Waals surface area contributed by atoms with Crippen molar-refractivity contribution in [2.24, 2.45) is 5.41 Å². The molecule has 0 N–H and O–H groups in total. The third-order valence-electron chi connectivity index (χ3n) is 4.00. The topological polar surface area (TPSA) is 36.9 Å². The molecular weight excluding hydrogens is 296 g/mol. The maximum absolute atomic E-state index is 6.22. The van der Waals surface area contributed by atoms with Crippen molar-refractivity contribution in [2.45, 2.75) is 92.1 Å². The summed E-state index contributed by atoms with van der Waals surface area (Å²) in [6, 6.07) is 0.892. The van der Waals surface area contributed by atoms with E-state index in [0.29, 0.717) is 5.41 Å². The molecule has 1 aliphatic rings. The molecule has 1 heterocycles. The van der Waals surface area contributed by atoms with Crippen LogP contribution in [-0.2, 0) is 18.0 Å². The molecule has 0 aromatic heterocycles. The summed E-state index contributed by atoms with van der Waals surface area (Å²) in [5.41, 5.74) is 0.383. The van der Waals surface area contributed by atoms with Crippen molar-refractivity contribution < 1.29 is 18.0 Å². The van der Waals surface area contributed by atoms with Crippen LogP contribution in [-0.4, -0.2) is 40.3 Å². The van der Waals surface area contributed by atoms with Gasteiger partial charge >= 0.3 is 8.80 Å². The second-order valence-corrected chi connectivity index (χ2v) is 9.96. The third kappa shape index (κ3) is 6.28. The van der Waals surface area contributed by atoms with Crippen LogP contribution in [0.3, 0.4) is 0 Å². The van der Waals surface area contributed by atoms with Gasteiger partial charge in [-0.25, -0.2) is 0 Å². The summed E-state index contributed by atoms with van der Waals surface area (Å²) in [6.07, 6.45) is 3.80. The first-order valence-corrected chi connectivity index (χ1v) is 10.8. The zero-order chi connectivity index (χ0) is 16.8. The van der Waals surface area contributed by atoms with Crippen molar-refractivity contribution in [1.82, 2.24) is 0 Å². The van der Waals surface area contributed by atoms with Crippen LogP contribution in [0.5, 0.6) is 0 Å². The van der Waals surface area contributed by atoms with Crippen LogP contribution in [0.2, 0.25) is 6.04 Å². The summed E-state index contributed by atoms with van der Waals surface area (Å²) in [6.45, 7) is 16.4. The van der Waals surface area contributed by atoms with Gasteiger partial charge in [0.15, 0.2) is 0 Å². The molecule has 0 unspecified atom stereocenters. The molecule has 5 heteroatoms. The lowest BCUT2D eigenvalue weighted by molar-refractivity contribution is -0.120. The lowest BCUT2D eigenvalue weighted by Crippen LogP contribution is -2.51. The number of rotatable bonds is 11. The minimum absolute atomic E-state index is 0.122. The Balaban J connectivity index is 2.69. The van der Waals surface area contributed by atoms with E-state index in [0.717, 1.165) is 25.7 Å². The highest BCUT2D eigenvalue weighted by Crippen LogP contribution is 2.38. The van der Waals surface area contributed by atoms with Gasteiger partial charge in [0.25, 0.3) is 0 Å². The highest BCUT2D eigenvalue weighted by atomic mass is 28.4. The Kier molecular flexibility index (Phi) is 8.02. The monoisotopic (exact) mass is 332 g/mol. The average molecular weight is 333 g/mol. The van der Waals surface area contributed by atoms with Crippen LogP contribution in [0.4, 0.5) is 0 Å². The Bertz CT molecular complexity index is 282. The van der Waals surface area contributed by atoms with Gasteiger partial charge in [0.05, 0.1) is 13.2 Å². The zero-order valence-corrected chi connectivity index (χ0v) is 16.6. The van der Waals surface area contributed by atoms with Crippen molar-refractivity contribution in [2.75, 3.05) is 13.2 Å². The van der Waals surface area contributed by atoms with Crippen molar-refractivity contribution >= 4 is 8.80 Å². The highest BCUT2D eigenvalue weighted by Gasteiger charge is 2.45. The van der Waals surface area contributed by atoms with Crippen molar-refractivity contribution in [3.8, 4) is 0 Å². The Morgan fingerprint density at radius 1 is 0.909 bits per heavy atom. The van der Waals surface area contributed by atoms with Crippen LogP contribution >= 0.6 is 0 Å². The average Bonchev–Trinajstić information content (AvgIpc) is 2.29. The van der Waals surface area contributed by atoms with E-state index in [1.807, 2.05) is 0 Å². The molecule has 0 radical (unpaired) electrons. The molecule has 1 rings (SSSR count). The molecule has 1 saturated heterocycles. The van der Waals surface area contributed by atoms with E-state index in [1.54, 1.807) is 0 Å². The van der Waals surface area contributed by atoms with Gasteiger partial charge in [0.1, 0.15) is 0 Å². The maximum atomic E-state index is 6.22. The highest BCUT2D eigenvalue weighted by molar-refractivity contribution is 6.60. The Hall–Kier alpha value is 0.0569. The largest absolute Gasteiger partial charge is 0.501 e. The molecule has 0 aromatic carbocycles. The van der Waals surface area contributed by atoms with Gasteiger partial charge in [-0.15, -0.1) is 0 Å².